The number of fused-ring (bicyclic) bond motifs is 7. The molecule has 0 atom stereocenters. The summed E-state index contributed by atoms with van der Waals surface area (Å²) in [7, 11) is 0. The van der Waals surface area contributed by atoms with E-state index in [0.717, 1.165) is 57.1 Å². The van der Waals surface area contributed by atoms with Crippen LogP contribution in [0, 0.1) is 13.8 Å². The van der Waals surface area contributed by atoms with Gasteiger partial charge in [-0.15, -0.1) is 0 Å². The summed E-state index contributed by atoms with van der Waals surface area (Å²) in [6.45, 7) is 13.8. The second kappa shape index (κ2) is 5.86. The van der Waals surface area contributed by atoms with E-state index < -0.39 is 0 Å². The first kappa shape index (κ1) is 19.3. The van der Waals surface area contributed by atoms with Gasteiger partial charge in [-0.05, 0) is 77.0 Å². The Morgan fingerprint density at radius 2 is 1.55 bits per heavy atom. The molecular weight excluding hydrogens is 407 g/mol. The molecule has 0 radical (unpaired) electrons. The fourth-order valence-electron chi connectivity index (χ4n) is 7.10. The van der Waals surface area contributed by atoms with Crippen LogP contribution < -0.4 is 26.1 Å². The summed E-state index contributed by atoms with van der Waals surface area (Å²) in [5.74, 6) is 3.56. The zero-order valence-corrected chi connectivity index (χ0v) is 20.1. The maximum Gasteiger partial charge on any atom is 0.305 e. The largest absolute Gasteiger partial charge is 0.466 e. The monoisotopic (exact) mass is 434 g/mol. The Morgan fingerprint density at radius 3 is 2.30 bits per heavy atom. The van der Waals surface area contributed by atoms with Crippen molar-refractivity contribution in [2.75, 3.05) is 0 Å². The van der Waals surface area contributed by atoms with Crippen molar-refractivity contribution in [3.63, 3.8) is 0 Å². The van der Waals surface area contributed by atoms with Gasteiger partial charge in [-0.2, -0.15) is 0 Å². The molecule has 1 aromatic heterocycles. The lowest BCUT2D eigenvalue weighted by molar-refractivity contribution is 0.401. The molecule has 3 heterocycles. The van der Waals surface area contributed by atoms with E-state index in [1.807, 2.05) is 24.3 Å². The van der Waals surface area contributed by atoms with Crippen LogP contribution >= 0.6 is 0 Å². The van der Waals surface area contributed by atoms with E-state index in [9.17, 15) is 0 Å². The molecular formula is C29H27BO3. The molecule has 0 fully saturated rings. The number of ether oxygens (including phenoxy) is 2. The minimum atomic E-state index is -0.0426. The SMILES string of the molecule is Cc1c2c(cc3c1C(C)(C)CC3(C)C)B1c3oc4cccc(C)c4c3Oc3cccc(c31)O2. The summed E-state index contributed by atoms with van der Waals surface area (Å²) in [5, 5.41) is 1.07. The second-order valence-electron chi connectivity index (χ2n) is 11.3. The highest BCUT2D eigenvalue weighted by atomic mass is 16.5. The molecule has 0 N–H and O–H groups in total. The van der Waals surface area contributed by atoms with Crippen molar-refractivity contribution in [3.05, 3.63) is 64.7 Å². The topological polar surface area (TPSA) is 31.6 Å². The number of furan rings is 1. The molecule has 4 aromatic rings. The first-order valence-electron chi connectivity index (χ1n) is 11.9. The van der Waals surface area contributed by atoms with Crippen molar-refractivity contribution in [2.24, 2.45) is 0 Å². The fraction of sp³-hybridized carbons (Fsp3) is 0.310. The van der Waals surface area contributed by atoms with Crippen molar-refractivity contribution in [3.8, 4) is 23.0 Å². The molecule has 1 aliphatic carbocycles. The van der Waals surface area contributed by atoms with Gasteiger partial charge in [-0.25, -0.2) is 0 Å². The Bertz CT molecular complexity index is 1520. The third kappa shape index (κ3) is 2.31. The minimum absolute atomic E-state index is 0.0426. The summed E-state index contributed by atoms with van der Waals surface area (Å²) in [5.41, 5.74) is 9.55. The van der Waals surface area contributed by atoms with Crippen molar-refractivity contribution in [2.45, 2.75) is 58.8 Å². The van der Waals surface area contributed by atoms with Crippen LogP contribution in [0.5, 0.6) is 23.0 Å². The van der Waals surface area contributed by atoms with Gasteiger partial charge in [-0.3, -0.25) is 0 Å². The molecule has 0 bridgehead atoms. The molecule has 4 heteroatoms. The average Bonchev–Trinajstić information content (AvgIpc) is 3.20. The van der Waals surface area contributed by atoms with Crippen molar-refractivity contribution in [1.29, 1.82) is 0 Å². The van der Waals surface area contributed by atoms with Crippen LogP contribution in [0.2, 0.25) is 0 Å². The van der Waals surface area contributed by atoms with Crippen molar-refractivity contribution in [1.82, 2.24) is 0 Å². The molecule has 2 aliphatic heterocycles. The number of benzene rings is 3. The predicted molar refractivity (Wildman–Crippen MR) is 134 cm³/mol. The van der Waals surface area contributed by atoms with Gasteiger partial charge in [0.15, 0.2) is 5.75 Å². The van der Waals surface area contributed by atoms with Crippen LogP contribution in [-0.2, 0) is 10.8 Å². The third-order valence-electron chi connectivity index (χ3n) is 8.05. The van der Waals surface area contributed by atoms with E-state index in [2.05, 4.69) is 59.7 Å². The smallest absolute Gasteiger partial charge is 0.305 e. The van der Waals surface area contributed by atoms with Gasteiger partial charge in [0.1, 0.15) is 28.5 Å². The molecule has 164 valence electrons. The molecule has 0 saturated heterocycles. The predicted octanol–water partition coefficient (Wildman–Crippen LogP) is 5.74. The lowest BCUT2D eigenvalue weighted by Gasteiger charge is -2.33. The van der Waals surface area contributed by atoms with Crippen LogP contribution in [-0.4, -0.2) is 6.71 Å². The molecule has 0 spiro atoms. The lowest BCUT2D eigenvalue weighted by Crippen LogP contribution is -2.57. The summed E-state index contributed by atoms with van der Waals surface area (Å²) >= 11 is 0. The van der Waals surface area contributed by atoms with Gasteiger partial charge < -0.3 is 13.9 Å². The Hall–Kier alpha value is -3.14. The van der Waals surface area contributed by atoms with Crippen LogP contribution in [0.3, 0.4) is 0 Å². The molecule has 0 unspecified atom stereocenters. The van der Waals surface area contributed by atoms with Gasteiger partial charge in [0.2, 0.25) is 0 Å². The summed E-state index contributed by atoms with van der Waals surface area (Å²) < 4.78 is 19.7. The molecule has 7 rings (SSSR count). The minimum Gasteiger partial charge on any atom is -0.466 e. The van der Waals surface area contributed by atoms with Gasteiger partial charge in [0, 0.05) is 5.46 Å². The summed E-state index contributed by atoms with van der Waals surface area (Å²) in [6, 6.07) is 14.7. The Kier molecular flexibility index (Phi) is 3.43. The molecule has 3 nitrogen and oxygen atoms in total. The molecule has 3 aliphatic rings. The van der Waals surface area contributed by atoms with E-state index in [1.54, 1.807) is 0 Å². The average molecular weight is 434 g/mol. The van der Waals surface area contributed by atoms with Crippen LogP contribution in [0.1, 0.15) is 56.4 Å². The molecule has 0 amide bonds. The Balaban J connectivity index is 1.59. The molecule has 3 aromatic carbocycles. The summed E-state index contributed by atoms with van der Waals surface area (Å²) in [4.78, 5) is 0. The third-order valence-corrected chi connectivity index (χ3v) is 8.05. The van der Waals surface area contributed by atoms with Crippen LogP contribution in [0.25, 0.3) is 11.0 Å². The molecule has 33 heavy (non-hydrogen) atoms. The standard InChI is InChI=1S/C29H27BO3/c1-15-9-7-10-19-22(15)26-27(33-19)30-18-13-17-23(29(5,6)14-28(17,3)4)16(2)25(18)31-20-11-8-12-21(32-26)24(20)30/h7-13H,14H2,1-6H3. The molecule has 0 saturated carbocycles. The maximum absolute atomic E-state index is 6.63. The second-order valence-corrected chi connectivity index (χ2v) is 11.3. The van der Waals surface area contributed by atoms with Gasteiger partial charge in [0.05, 0.1) is 5.39 Å². The highest BCUT2D eigenvalue weighted by Gasteiger charge is 2.49. The zero-order valence-electron chi connectivity index (χ0n) is 20.1. The van der Waals surface area contributed by atoms with Crippen molar-refractivity contribution >= 4 is 34.3 Å². The van der Waals surface area contributed by atoms with E-state index in [-0.39, 0.29) is 17.5 Å². The number of aryl methyl sites for hydroxylation is 1. The first-order valence-corrected chi connectivity index (χ1v) is 11.9. The zero-order chi connectivity index (χ0) is 22.9. The van der Waals surface area contributed by atoms with Crippen molar-refractivity contribution < 1.29 is 13.9 Å². The van der Waals surface area contributed by atoms with Gasteiger partial charge >= 0.3 is 6.71 Å². The van der Waals surface area contributed by atoms with Crippen LogP contribution in [0.4, 0.5) is 0 Å². The van der Waals surface area contributed by atoms with E-state index in [1.165, 1.54) is 22.2 Å². The van der Waals surface area contributed by atoms with E-state index in [0.29, 0.717) is 0 Å². The lowest BCUT2D eigenvalue weighted by atomic mass is 9.36. The highest BCUT2D eigenvalue weighted by molar-refractivity contribution is 6.97. The normalized spacial score (nSPS) is 18.2. The first-order chi connectivity index (χ1) is 15.7. The van der Waals surface area contributed by atoms with Gasteiger partial charge in [-0.1, -0.05) is 52.0 Å². The van der Waals surface area contributed by atoms with E-state index in [4.69, 9.17) is 13.9 Å². The van der Waals surface area contributed by atoms with Crippen LogP contribution in [0.15, 0.2) is 46.9 Å². The Labute approximate surface area is 194 Å². The Morgan fingerprint density at radius 1 is 0.848 bits per heavy atom. The van der Waals surface area contributed by atoms with Gasteiger partial charge in [0.25, 0.3) is 0 Å². The number of hydrogen-bond acceptors (Lipinski definition) is 3. The number of rotatable bonds is 0. The number of hydrogen-bond donors (Lipinski definition) is 0. The maximum atomic E-state index is 6.63. The quantitative estimate of drug-likeness (QED) is 0.286. The fourth-order valence-corrected chi connectivity index (χ4v) is 7.10. The highest BCUT2D eigenvalue weighted by Crippen LogP contribution is 2.52. The summed E-state index contributed by atoms with van der Waals surface area (Å²) in [6.07, 6.45) is 1.13. The van der Waals surface area contributed by atoms with E-state index >= 15 is 0 Å².